The molecule has 6 heteroatoms. The fourth-order valence-corrected chi connectivity index (χ4v) is 2.00. The largest absolute Gasteiger partial charge is 0.480 e. The second-order valence-corrected chi connectivity index (χ2v) is 4.56. The molecule has 3 rings (SSSR count). The molecule has 1 amide bonds. The Labute approximate surface area is 121 Å². The van der Waals surface area contributed by atoms with Crippen LogP contribution in [0, 0.1) is 6.92 Å². The average molecular weight is 282 g/mol. The van der Waals surface area contributed by atoms with Gasteiger partial charge in [-0.15, -0.1) is 0 Å². The summed E-state index contributed by atoms with van der Waals surface area (Å²) < 4.78 is 7.42. The lowest BCUT2D eigenvalue weighted by atomic mass is 10.4. The normalized spacial score (nSPS) is 10.5. The van der Waals surface area contributed by atoms with Crippen LogP contribution in [0.5, 0.6) is 5.75 Å². The molecule has 0 fully saturated rings. The third-order valence-electron chi connectivity index (χ3n) is 2.89. The van der Waals surface area contributed by atoms with Crippen LogP contribution >= 0.6 is 0 Å². The molecule has 106 valence electrons. The molecule has 0 atom stereocenters. The lowest BCUT2D eigenvalue weighted by molar-refractivity contribution is -0.118. The number of anilines is 1. The Morgan fingerprint density at radius 3 is 2.95 bits per heavy atom. The summed E-state index contributed by atoms with van der Waals surface area (Å²) in [6, 6.07) is 7.08. The van der Waals surface area contributed by atoms with E-state index in [1.165, 1.54) is 0 Å². The summed E-state index contributed by atoms with van der Waals surface area (Å²) in [5.74, 6) is 0.349. The number of aromatic nitrogens is 3. The molecule has 0 unspecified atom stereocenters. The van der Waals surface area contributed by atoms with Crippen LogP contribution < -0.4 is 10.1 Å². The monoisotopic (exact) mass is 282 g/mol. The Balaban J connectivity index is 1.67. The molecule has 3 aromatic heterocycles. The maximum atomic E-state index is 11.8. The molecule has 0 saturated heterocycles. The Hall–Kier alpha value is -2.89. The molecule has 1 N–H and O–H groups in total. The summed E-state index contributed by atoms with van der Waals surface area (Å²) in [7, 11) is 0. The van der Waals surface area contributed by atoms with Crippen LogP contribution in [-0.2, 0) is 4.79 Å². The lowest BCUT2D eigenvalue weighted by Gasteiger charge is -2.08. The highest BCUT2D eigenvalue weighted by Crippen LogP contribution is 2.18. The number of carbonyl (C=O) groups excluding carboxylic acids is 1. The van der Waals surface area contributed by atoms with Gasteiger partial charge in [-0.3, -0.25) is 9.78 Å². The summed E-state index contributed by atoms with van der Waals surface area (Å²) in [5, 5.41) is 2.73. The molecule has 3 aromatic rings. The van der Waals surface area contributed by atoms with Crippen molar-refractivity contribution in [3.05, 3.63) is 54.7 Å². The molecule has 3 heterocycles. The van der Waals surface area contributed by atoms with E-state index in [1.807, 2.05) is 29.8 Å². The van der Waals surface area contributed by atoms with Crippen LogP contribution in [0.4, 0.5) is 5.69 Å². The van der Waals surface area contributed by atoms with Crippen LogP contribution in [0.25, 0.3) is 5.65 Å². The highest BCUT2D eigenvalue weighted by molar-refractivity contribution is 5.91. The molecule has 0 bridgehead atoms. The van der Waals surface area contributed by atoms with E-state index in [9.17, 15) is 4.79 Å². The number of imidazole rings is 1. The SMILES string of the molecule is Cc1cn2cccc(OCC(=O)Nc3ccncc3)c2n1. The van der Waals surface area contributed by atoms with Crippen LogP contribution in [-0.4, -0.2) is 26.9 Å². The van der Waals surface area contributed by atoms with Gasteiger partial charge in [-0.05, 0) is 31.2 Å². The summed E-state index contributed by atoms with van der Waals surface area (Å²) >= 11 is 0. The van der Waals surface area contributed by atoms with Gasteiger partial charge < -0.3 is 14.5 Å². The van der Waals surface area contributed by atoms with Crippen LogP contribution in [0.15, 0.2) is 49.1 Å². The molecule has 6 nitrogen and oxygen atoms in total. The van der Waals surface area contributed by atoms with Crippen molar-refractivity contribution in [3.63, 3.8) is 0 Å². The Morgan fingerprint density at radius 2 is 2.14 bits per heavy atom. The smallest absolute Gasteiger partial charge is 0.262 e. The van der Waals surface area contributed by atoms with Gasteiger partial charge in [0.1, 0.15) is 0 Å². The molecule has 0 aliphatic heterocycles. The van der Waals surface area contributed by atoms with Gasteiger partial charge in [0.15, 0.2) is 18.0 Å². The van der Waals surface area contributed by atoms with Crippen molar-refractivity contribution in [1.82, 2.24) is 14.4 Å². The first-order valence-corrected chi connectivity index (χ1v) is 6.49. The first-order valence-electron chi connectivity index (χ1n) is 6.49. The van der Waals surface area contributed by atoms with Crippen molar-refractivity contribution in [2.75, 3.05) is 11.9 Å². The van der Waals surface area contributed by atoms with Crippen molar-refractivity contribution in [2.24, 2.45) is 0 Å². The molecule has 21 heavy (non-hydrogen) atoms. The van der Waals surface area contributed by atoms with Crippen LogP contribution in [0.3, 0.4) is 0 Å². The summed E-state index contributed by atoms with van der Waals surface area (Å²) in [5.41, 5.74) is 2.28. The molecule has 0 aliphatic carbocycles. The predicted octanol–water partition coefficient (Wildman–Crippen LogP) is 2.06. The molecule has 0 radical (unpaired) electrons. The van der Waals surface area contributed by atoms with Crippen molar-refractivity contribution in [2.45, 2.75) is 6.92 Å². The van der Waals surface area contributed by atoms with Gasteiger partial charge in [-0.2, -0.15) is 0 Å². The zero-order valence-corrected chi connectivity index (χ0v) is 11.5. The molecular weight excluding hydrogens is 268 g/mol. The van der Waals surface area contributed by atoms with E-state index >= 15 is 0 Å². The standard InChI is InChI=1S/C15H14N4O2/c1-11-9-19-8-2-3-13(15(19)17-11)21-10-14(20)18-12-4-6-16-7-5-12/h2-9H,10H2,1H3,(H,16,18,20). The van der Waals surface area contributed by atoms with Gasteiger partial charge >= 0.3 is 0 Å². The predicted molar refractivity (Wildman–Crippen MR) is 78.3 cm³/mol. The number of fused-ring (bicyclic) bond motifs is 1. The fourth-order valence-electron chi connectivity index (χ4n) is 2.00. The first kappa shape index (κ1) is 13.1. The number of rotatable bonds is 4. The minimum Gasteiger partial charge on any atom is -0.480 e. The quantitative estimate of drug-likeness (QED) is 0.795. The van der Waals surface area contributed by atoms with Gasteiger partial charge in [-0.1, -0.05) is 0 Å². The number of nitrogens with zero attached hydrogens (tertiary/aromatic N) is 3. The molecule has 0 saturated carbocycles. The zero-order chi connectivity index (χ0) is 14.7. The van der Waals surface area contributed by atoms with Crippen LogP contribution in [0.1, 0.15) is 5.69 Å². The zero-order valence-electron chi connectivity index (χ0n) is 11.5. The molecular formula is C15H14N4O2. The Morgan fingerprint density at radius 1 is 1.33 bits per heavy atom. The van der Waals surface area contributed by atoms with Crippen LogP contribution in [0.2, 0.25) is 0 Å². The maximum absolute atomic E-state index is 11.8. The van der Waals surface area contributed by atoms with Gasteiger partial charge in [0.25, 0.3) is 5.91 Å². The van der Waals surface area contributed by atoms with Gasteiger partial charge in [-0.25, -0.2) is 4.98 Å². The maximum Gasteiger partial charge on any atom is 0.262 e. The lowest BCUT2D eigenvalue weighted by Crippen LogP contribution is -2.20. The van der Waals surface area contributed by atoms with Crippen molar-refractivity contribution in [1.29, 1.82) is 0 Å². The molecule has 0 spiro atoms. The van der Waals surface area contributed by atoms with E-state index < -0.39 is 0 Å². The third-order valence-corrected chi connectivity index (χ3v) is 2.89. The second-order valence-electron chi connectivity index (χ2n) is 4.56. The summed E-state index contributed by atoms with van der Waals surface area (Å²) in [6.07, 6.45) is 7.02. The number of nitrogens with one attached hydrogen (secondary N) is 1. The van der Waals surface area contributed by atoms with E-state index in [4.69, 9.17) is 4.74 Å². The molecule has 0 aromatic carbocycles. The van der Waals surface area contributed by atoms with E-state index in [-0.39, 0.29) is 12.5 Å². The number of hydrogen-bond acceptors (Lipinski definition) is 4. The number of ether oxygens (including phenoxy) is 1. The number of aryl methyl sites for hydroxylation is 1. The number of carbonyl (C=O) groups is 1. The first-order chi connectivity index (χ1) is 10.2. The highest BCUT2D eigenvalue weighted by atomic mass is 16.5. The topological polar surface area (TPSA) is 68.5 Å². The van der Waals surface area contributed by atoms with Crippen molar-refractivity contribution in [3.8, 4) is 5.75 Å². The molecule has 0 aliphatic rings. The summed E-state index contributed by atoms with van der Waals surface area (Å²) in [4.78, 5) is 20.1. The highest BCUT2D eigenvalue weighted by Gasteiger charge is 2.08. The summed E-state index contributed by atoms with van der Waals surface area (Å²) in [6.45, 7) is 1.83. The van der Waals surface area contributed by atoms with E-state index in [0.717, 1.165) is 5.69 Å². The minimum atomic E-state index is -0.230. The number of amides is 1. The third kappa shape index (κ3) is 3.00. The van der Waals surface area contributed by atoms with Crippen molar-refractivity contribution < 1.29 is 9.53 Å². The van der Waals surface area contributed by atoms with Gasteiger partial charge in [0.05, 0.1) is 5.69 Å². The second kappa shape index (κ2) is 5.62. The van der Waals surface area contributed by atoms with Gasteiger partial charge in [0.2, 0.25) is 0 Å². The Kier molecular flexibility index (Phi) is 3.51. The minimum absolute atomic E-state index is 0.0755. The van der Waals surface area contributed by atoms with Crippen molar-refractivity contribution >= 4 is 17.2 Å². The fraction of sp³-hybridized carbons (Fsp3) is 0.133. The van der Waals surface area contributed by atoms with E-state index in [1.54, 1.807) is 30.6 Å². The average Bonchev–Trinajstić information content (AvgIpc) is 2.87. The Bertz CT molecular complexity index is 768. The number of pyridine rings is 2. The number of hydrogen-bond donors (Lipinski definition) is 1. The van der Waals surface area contributed by atoms with Gasteiger partial charge in [0, 0.05) is 30.5 Å². The van der Waals surface area contributed by atoms with E-state index in [2.05, 4.69) is 15.3 Å². The van der Waals surface area contributed by atoms with E-state index in [0.29, 0.717) is 17.1 Å².